The van der Waals surface area contributed by atoms with E-state index in [2.05, 4.69) is 161 Å². The minimum atomic E-state index is 0. The molecular weight excluding hydrogens is 803 g/mol. The van der Waals surface area contributed by atoms with Gasteiger partial charge in [0.2, 0.25) is 0 Å². The maximum atomic E-state index is 2.36. The van der Waals surface area contributed by atoms with Gasteiger partial charge in [-0.2, -0.15) is 22.7 Å². The maximum Gasteiger partial charge on any atom is 4.00 e. The molecule has 0 fully saturated rings. The number of hydrogen-bond donors (Lipinski definition) is 0. The van der Waals surface area contributed by atoms with Crippen molar-refractivity contribution < 1.29 is 51.0 Å². The van der Waals surface area contributed by atoms with Gasteiger partial charge in [0.25, 0.3) is 0 Å². The Morgan fingerprint density at radius 3 is 1.23 bits per heavy atom. The number of aryl methyl sites for hydroxylation is 4. The van der Waals surface area contributed by atoms with Crippen molar-refractivity contribution in [1.29, 1.82) is 0 Å². The van der Waals surface area contributed by atoms with E-state index in [1.165, 1.54) is 111 Å². The maximum absolute atomic E-state index is 2.36. The van der Waals surface area contributed by atoms with Gasteiger partial charge >= 0.3 is 26.2 Å². The smallest absolute Gasteiger partial charge is 1.00 e. The van der Waals surface area contributed by atoms with Crippen molar-refractivity contribution in [2.75, 3.05) is 0 Å². The van der Waals surface area contributed by atoms with E-state index in [-0.39, 0.29) is 51.0 Å². The van der Waals surface area contributed by atoms with Gasteiger partial charge in [-0.3, -0.25) is 0 Å². The Labute approximate surface area is 356 Å². The zero-order chi connectivity index (χ0) is 34.5. The van der Waals surface area contributed by atoms with Gasteiger partial charge in [-0.1, -0.05) is 149 Å². The van der Waals surface area contributed by atoms with E-state index in [0.29, 0.717) is 0 Å². The molecule has 268 valence electrons. The molecule has 0 atom stereocenters. The van der Waals surface area contributed by atoms with E-state index in [9.17, 15) is 0 Å². The summed E-state index contributed by atoms with van der Waals surface area (Å²) in [5.74, 6) is 0. The second-order valence-corrected chi connectivity index (χ2v) is 15.6. The Morgan fingerprint density at radius 2 is 0.868 bits per heavy atom. The summed E-state index contributed by atoms with van der Waals surface area (Å²) in [5, 5.41) is 5.37. The first-order chi connectivity index (χ1) is 24.6. The summed E-state index contributed by atoms with van der Waals surface area (Å²) in [6.45, 7) is 8.89. The molecule has 0 amide bonds. The molecule has 0 nitrogen and oxygen atoms in total. The summed E-state index contributed by atoms with van der Waals surface area (Å²) in [6.07, 6.45) is 6.95. The summed E-state index contributed by atoms with van der Waals surface area (Å²) in [7, 11) is 0. The fraction of sp³-hybridized carbons (Fsp3) is 0.208. The standard InChI is InChI=1S/2C24H23S.2ClH.Zr/c2*1-3-6-21-13-14-24(25-21)20-15-19-7-5-8-22(23(19)16-20)18-11-9-17(4-2)10-12-18;;;/h2*5,7-16H,3-4,6H2,1-2H3;2*1H;/q2*-1;;;+4/p-2. The molecule has 6 aromatic carbocycles. The van der Waals surface area contributed by atoms with Crippen LogP contribution in [0.5, 0.6) is 0 Å². The second-order valence-electron chi connectivity index (χ2n) is 13.2. The summed E-state index contributed by atoms with van der Waals surface area (Å²) >= 11 is 3.86. The number of halogens is 2. The molecular formula is C48H46Cl2S2Zr. The molecule has 8 aromatic rings. The van der Waals surface area contributed by atoms with Crippen molar-refractivity contribution >= 4 is 44.2 Å². The van der Waals surface area contributed by atoms with Gasteiger partial charge in [0.05, 0.1) is 0 Å². The number of thiophene rings is 2. The van der Waals surface area contributed by atoms with Crippen LogP contribution in [0.25, 0.3) is 64.7 Å². The first-order valence-electron chi connectivity index (χ1n) is 18.3. The first-order valence-corrected chi connectivity index (χ1v) is 20.0. The minimum absolute atomic E-state index is 0. The van der Waals surface area contributed by atoms with Gasteiger partial charge in [-0.15, -0.1) is 69.1 Å². The van der Waals surface area contributed by atoms with Crippen LogP contribution in [0.4, 0.5) is 0 Å². The van der Waals surface area contributed by atoms with Gasteiger partial charge < -0.3 is 24.8 Å². The Kier molecular flexibility index (Phi) is 16.1. The van der Waals surface area contributed by atoms with Crippen LogP contribution in [-0.4, -0.2) is 0 Å². The SMILES string of the molecule is CCCc1ccc(-c2cc3c(-c4ccc(CC)cc4)cccc3[cH-]2)s1.CCCc1ccc(-c2cc3c(-c4ccc(CC)cc4)cccc3[cH-]2)s1.[Cl-].[Cl-].[Zr+4]. The van der Waals surface area contributed by atoms with E-state index < -0.39 is 0 Å². The van der Waals surface area contributed by atoms with Crippen molar-refractivity contribution in [2.45, 2.75) is 66.2 Å². The fourth-order valence-corrected chi connectivity index (χ4v) is 9.12. The molecule has 0 unspecified atom stereocenters. The predicted octanol–water partition coefficient (Wildman–Crippen LogP) is 8.94. The molecule has 2 heterocycles. The van der Waals surface area contributed by atoms with Gasteiger partial charge in [0, 0.05) is 0 Å². The van der Waals surface area contributed by atoms with E-state index in [0.717, 1.165) is 12.8 Å². The third-order valence-corrected chi connectivity index (χ3v) is 12.1. The summed E-state index contributed by atoms with van der Waals surface area (Å²) in [5.41, 5.74) is 10.7. The average Bonchev–Trinajstić information content (AvgIpc) is 3.98. The zero-order valence-corrected chi connectivity index (χ0v) is 36.6. The summed E-state index contributed by atoms with van der Waals surface area (Å²) in [4.78, 5) is 5.73. The molecule has 53 heavy (non-hydrogen) atoms. The molecule has 2 aromatic heterocycles. The van der Waals surface area contributed by atoms with Gasteiger partial charge in [-0.05, 0) is 67.4 Å². The topological polar surface area (TPSA) is 0 Å². The molecule has 8 rings (SSSR count). The van der Waals surface area contributed by atoms with Crippen molar-refractivity contribution in [1.82, 2.24) is 0 Å². The summed E-state index contributed by atoms with van der Waals surface area (Å²) in [6, 6.07) is 49.8. The molecule has 0 spiro atoms. The molecule has 0 aliphatic rings. The van der Waals surface area contributed by atoms with Crippen LogP contribution in [0.2, 0.25) is 0 Å². The van der Waals surface area contributed by atoms with Crippen molar-refractivity contribution in [2.24, 2.45) is 0 Å². The molecule has 0 saturated carbocycles. The Balaban J connectivity index is 0.000000224. The quantitative estimate of drug-likeness (QED) is 0.121. The Hall–Kier alpha value is -3.04. The largest absolute Gasteiger partial charge is 4.00 e. The third kappa shape index (κ3) is 9.80. The van der Waals surface area contributed by atoms with Crippen LogP contribution in [0.3, 0.4) is 0 Å². The number of benzene rings is 4. The first kappa shape index (κ1) is 42.7. The molecule has 0 radical (unpaired) electrons. The van der Waals surface area contributed by atoms with Crippen molar-refractivity contribution in [3.05, 3.63) is 154 Å². The zero-order valence-electron chi connectivity index (χ0n) is 31.0. The van der Waals surface area contributed by atoms with Crippen molar-refractivity contribution in [3.8, 4) is 43.1 Å². The van der Waals surface area contributed by atoms with E-state index >= 15 is 0 Å². The van der Waals surface area contributed by atoms with Crippen molar-refractivity contribution in [3.63, 3.8) is 0 Å². The van der Waals surface area contributed by atoms with E-state index in [1.54, 1.807) is 0 Å². The van der Waals surface area contributed by atoms with E-state index in [4.69, 9.17) is 0 Å². The fourth-order valence-electron chi connectivity index (χ4n) is 6.93. The van der Waals surface area contributed by atoms with Gasteiger partial charge in [-0.25, -0.2) is 0 Å². The van der Waals surface area contributed by atoms with E-state index in [1.807, 2.05) is 22.7 Å². The number of fused-ring (bicyclic) bond motifs is 2. The monoisotopic (exact) mass is 846 g/mol. The third-order valence-electron chi connectivity index (χ3n) is 9.73. The van der Waals surface area contributed by atoms with Crippen LogP contribution in [0.1, 0.15) is 61.4 Å². The van der Waals surface area contributed by atoms with Crippen LogP contribution in [-0.2, 0) is 51.9 Å². The predicted molar refractivity (Wildman–Crippen MR) is 223 cm³/mol. The summed E-state index contributed by atoms with van der Waals surface area (Å²) < 4.78 is 0. The molecule has 0 aliphatic heterocycles. The average molecular weight is 849 g/mol. The number of rotatable bonds is 10. The van der Waals surface area contributed by atoms with Crippen LogP contribution >= 0.6 is 22.7 Å². The van der Waals surface area contributed by atoms with Gasteiger partial charge in [0.15, 0.2) is 0 Å². The molecule has 0 bridgehead atoms. The van der Waals surface area contributed by atoms with Gasteiger partial charge in [0.1, 0.15) is 0 Å². The molecule has 0 N–H and O–H groups in total. The normalized spacial score (nSPS) is 10.6. The second kappa shape index (κ2) is 20.0. The van der Waals surface area contributed by atoms with Crippen LogP contribution < -0.4 is 24.8 Å². The van der Waals surface area contributed by atoms with Crippen LogP contribution in [0.15, 0.2) is 133 Å². The number of hydrogen-bond acceptors (Lipinski definition) is 2. The minimum Gasteiger partial charge on any atom is -1.00 e. The molecule has 5 heteroatoms. The Bertz CT molecular complexity index is 2150. The Morgan fingerprint density at radius 1 is 0.472 bits per heavy atom. The van der Waals surface area contributed by atoms with Crippen LogP contribution in [0, 0.1) is 0 Å². The molecule has 0 aliphatic carbocycles. The molecule has 0 saturated heterocycles.